The monoisotopic (exact) mass is 364 g/mol. The molecule has 1 aromatic carbocycles. The molecule has 1 aliphatic rings. The zero-order chi connectivity index (χ0) is 18.4. The van der Waals surface area contributed by atoms with E-state index >= 15 is 0 Å². The van der Waals surface area contributed by atoms with Crippen molar-refractivity contribution in [3.8, 4) is 0 Å². The largest absolute Gasteiger partial charge is 0.416 e. The molecule has 3 aromatic rings. The van der Waals surface area contributed by atoms with Gasteiger partial charge in [-0.2, -0.15) is 23.4 Å². The van der Waals surface area contributed by atoms with Crippen LogP contribution >= 0.6 is 0 Å². The van der Waals surface area contributed by atoms with Gasteiger partial charge in [-0.1, -0.05) is 12.1 Å². The van der Waals surface area contributed by atoms with Crippen molar-refractivity contribution in [1.82, 2.24) is 29.5 Å². The molecule has 0 aliphatic heterocycles. The lowest BCUT2D eigenvalue weighted by atomic mass is 9.83. The van der Waals surface area contributed by atoms with Gasteiger partial charge in [0.25, 0.3) is 0 Å². The fraction of sp³-hybridized carbons (Fsp3) is 0.375. The van der Waals surface area contributed by atoms with Crippen LogP contribution in [-0.4, -0.2) is 34.6 Å². The number of hydrogen-bond donors (Lipinski definition) is 1. The molecule has 7 nitrogen and oxygen atoms in total. The first-order valence-electron chi connectivity index (χ1n) is 7.93. The van der Waals surface area contributed by atoms with Crippen LogP contribution in [0.5, 0.6) is 0 Å². The SMILES string of the molecule is OC(Cn1cncn1)(c1ccc(C(F)(F)F)cc1)C1(n2cncn2)CC1. The van der Waals surface area contributed by atoms with Crippen molar-refractivity contribution < 1.29 is 18.3 Å². The highest BCUT2D eigenvalue weighted by molar-refractivity contribution is 5.33. The van der Waals surface area contributed by atoms with Gasteiger partial charge in [0.15, 0.2) is 0 Å². The molecule has 0 saturated heterocycles. The van der Waals surface area contributed by atoms with E-state index in [1.54, 1.807) is 4.68 Å². The molecule has 0 bridgehead atoms. The van der Waals surface area contributed by atoms with E-state index in [1.807, 2.05) is 0 Å². The second-order valence-corrected chi connectivity index (χ2v) is 6.40. The lowest BCUT2D eigenvalue weighted by Gasteiger charge is -2.37. The van der Waals surface area contributed by atoms with Crippen molar-refractivity contribution in [2.24, 2.45) is 0 Å². The van der Waals surface area contributed by atoms with Crippen LogP contribution in [0.1, 0.15) is 24.0 Å². The molecule has 1 saturated carbocycles. The lowest BCUT2D eigenvalue weighted by molar-refractivity contribution is -0.137. The summed E-state index contributed by atoms with van der Waals surface area (Å²) in [5, 5.41) is 19.8. The third kappa shape index (κ3) is 2.57. The molecule has 1 N–H and O–H groups in total. The minimum Gasteiger partial charge on any atom is -0.381 e. The van der Waals surface area contributed by atoms with E-state index < -0.39 is 22.9 Å². The van der Waals surface area contributed by atoms with Gasteiger partial charge in [-0.25, -0.2) is 19.3 Å². The minimum atomic E-state index is -4.44. The fourth-order valence-electron chi connectivity index (χ4n) is 3.37. The van der Waals surface area contributed by atoms with E-state index in [0.717, 1.165) is 12.1 Å². The molecule has 4 rings (SSSR count). The lowest BCUT2D eigenvalue weighted by Crippen LogP contribution is -2.47. The Morgan fingerprint density at radius 2 is 1.58 bits per heavy atom. The summed E-state index contributed by atoms with van der Waals surface area (Å²) in [6.45, 7) is 0.0260. The topological polar surface area (TPSA) is 81.6 Å². The van der Waals surface area contributed by atoms with Crippen LogP contribution in [0.4, 0.5) is 13.2 Å². The van der Waals surface area contributed by atoms with Crippen LogP contribution in [-0.2, 0) is 23.9 Å². The van der Waals surface area contributed by atoms with Crippen LogP contribution in [0.15, 0.2) is 49.6 Å². The van der Waals surface area contributed by atoms with Gasteiger partial charge in [-0.15, -0.1) is 0 Å². The van der Waals surface area contributed by atoms with Crippen LogP contribution in [0, 0.1) is 0 Å². The van der Waals surface area contributed by atoms with Gasteiger partial charge in [-0.05, 0) is 30.5 Å². The number of nitrogens with zero attached hydrogens (tertiary/aromatic N) is 6. The summed E-state index contributed by atoms with van der Waals surface area (Å²) in [6, 6.07) is 4.55. The highest BCUT2D eigenvalue weighted by Gasteiger charge is 2.62. The first-order valence-corrected chi connectivity index (χ1v) is 7.93. The Hall–Kier alpha value is -2.75. The maximum atomic E-state index is 12.9. The first-order chi connectivity index (χ1) is 12.4. The highest BCUT2D eigenvalue weighted by atomic mass is 19.4. The van der Waals surface area contributed by atoms with Crippen LogP contribution in [0.3, 0.4) is 0 Å². The zero-order valence-corrected chi connectivity index (χ0v) is 13.5. The zero-order valence-electron chi connectivity index (χ0n) is 13.5. The number of halogens is 3. The summed E-state index contributed by atoms with van der Waals surface area (Å²) >= 11 is 0. The predicted octanol–water partition coefficient (Wildman–Crippen LogP) is 1.97. The standard InChI is InChI=1S/C16H15F3N6O/c17-16(18,19)13-3-1-12(2-4-13)15(26,7-24-10-20-8-22-24)14(5-6-14)25-11-21-9-23-25/h1-4,8-11,26H,5-7H2. The van der Waals surface area contributed by atoms with Gasteiger partial charge >= 0.3 is 6.18 Å². The number of aliphatic hydroxyl groups is 1. The Morgan fingerprint density at radius 3 is 2.08 bits per heavy atom. The van der Waals surface area contributed by atoms with Gasteiger partial charge in [0.1, 0.15) is 30.9 Å². The molecule has 2 aromatic heterocycles. The van der Waals surface area contributed by atoms with Gasteiger partial charge in [0, 0.05) is 0 Å². The van der Waals surface area contributed by atoms with E-state index in [4.69, 9.17) is 0 Å². The van der Waals surface area contributed by atoms with Crippen molar-refractivity contribution in [3.63, 3.8) is 0 Å². The average Bonchev–Trinajstić information content (AvgIpc) is 3.01. The Bertz CT molecular complexity index is 872. The normalized spacial score (nSPS) is 18.5. The van der Waals surface area contributed by atoms with Crippen LogP contribution in [0.2, 0.25) is 0 Å². The van der Waals surface area contributed by atoms with E-state index in [9.17, 15) is 18.3 Å². The summed E-state index contributed by atoms with van der Waals surface area (Å²) in [7, 11) is 0. The Kier molecular flexibility index (Phi) is 3.62. The molecule has 136 valence electrons. The Balaban J connectivity index is 1.79. The molecule has 1 fully saturated rings. The van der Waals surface area contributed by atoms with Gasteiger partial charge < -0.3 is 5.11 Å². The highest BCUT2D eigenvalue weighted by Crippen LogP contribution is 2.56. The third-order valence-corrected chi connectivity index (χ3v) is 4.90. The third-order valence-electron chi connectivity index (χ3n) is 4.90. The van der Waals surface area contributed by atoms with Gasteiger partial charge in [0.2, 0.25) is 0 Å². The number of hydrogen-bond acceptors (Lipinski definition) is 5. The predicted molar refractivity (Wildman–Crippen MR) is 82.6 cm³/mol. The summed E-state index contributed by atoms with van der Waals surface area (Å²) in [5.74, 6) is 0. The molecule has 0 amide bonds. The maximum absolute atomic E-state index is 12.9. The van der Waals surface area contributed by atoms with Gasteiger partial charge in [-0.3, -0.25) is 0 Å². The summed E-state index contributed by atoms with van der Waals surface area (Å²) < 4.78 is 41.7. The molecular weight excluding hydrogens is 349 g/mol. The molecular formula is C16H15F3N6O. The van der Waals surface area contributed by atoms with E-state index in [1.165, 1.54) is 42.1 Å². The van der Waals surface area contributed by atoms with E-state index in [-0.39, 0.29) is 6.54 Å². The summed E-state index contributed by atoms with van der Waals surface area (Å²) in [6.07, 6.45) is 2.44. The maximum Gasteiger partial charge on any atom is 0.416 e. The second kappa shape index (κ2) is 5.63. The first kappa shape index (κ1) is 16.7. The molecule has 1 aliphatic carbocycles. The molecule has 0 radical (unpaired) electrons. The quantitative estimate of drug-likeness (QED) is 0.749. The second-order valence-electron chi connectivity index (χ2n) is 6.40. The molecule has 0 spiro atoms. The van der Waals surface area contributed by atoms with E-state index in [0.29, 0.717) is 18.4 Å². The van der Waals surface area contributed by atoms with Crippen molar-refractivity contribution >= 4 is 0 Å². The Labute approximate surface area is 146 Å². The number of rotatable bonds is 5. The average molecular weight is 364 g/mol. The fourth-order valence-corrected chi connectivity index (χ4v) is 3.37. The summed E-state index contributed by atoms with van der Waals surface area (Å²) in [5.41, 5.74) is -2.74. The molecule has 10 heteroatoms. The smallest absolute Gasteiger partial charge is 0.381 e. The van der Waals surface area contributed by atoms with Gasteiger partial charge in [0.05, 0.1) is 17.6 Å². The Morgan fingerprint density at radius 1 is 0.962 bits per heavy atom. The van der Waals surface area contributed by atoms with Crippen molar-refractivity contribution in [1.29, 1.82) is 0 Å². The van der Waals surface area contributed by atoms with Crippen molar-refractivity contribution in [2.45, 2.75) is 36.7 Å². The van der Waals surface area contributed by atoms with Crippen LogP contribution in [0.25, 0.3) is 0 Å². The molecule has 2 heterocycles. The number of aromatic nitrogens is 6. The minimum absolute atomic E-state index is 0.0260. The number of benzene rings is 1. The van der Waals surface area contributed by atoms with Crippen molar-refractivity contribution in [3.05, 3.63) is 60.7 Å². The van der Waals surface area contributed by atoms with Crippen LogP contribution < -0.4 is 0 Å². The number of alkyl halides is 3. The van der Waals surface area contributed by atoms with Crippen molar-refractivity contribution in [2.75, 3.05) is 0 Å². The molecule has 1 unspecified atom stereocenters. The summed E-state index contributed by atoms with van der Waals surface area (Å²) in [4.78, 5) is 7.81. The van der Waals surface area contributed by atoms with E-state index in [2.05, 4.69) is 20.2 Å². The molecule has 1 atom stereocenters. The molecule has 26 heavy (non-hydrogen) atoms.